The van der Waals surface area contributed by atoms with E-state index in [1.165, 1.54) is 19.2 Å². The van der Waals surface area contributed by atoms with Gasteiger partial charge in [0.1, 0.15) is 5.75 Å². The summed E-state index contributed by atoms with van der Waals surface area (Å²) in [5.74, 6) is -0.297. The Bertz CT molecular complexity index is 1020. The molecule has 30 heavy (non-hydrogen) atoms. The van der Waals surface area contributed by atoms with Crippen molar-refractivity contribution in [2.24, 2.45) is 0 Å². The Morgan fingerprint density at radius 2 is 1.63 bits per heavy atom. The van der Waals surface area contributed by atoms with Crippen molar-refractivity contribution in [2.45, 2.75) is 13.0 Å². The monoisotopic (exact) mass is 407 g/mol. The van der Waals surface area contributed by atoms with Crippen LogP contribution in [0.5, 0.6) is 11.5 Å². The highest BCUT2D eigenvalue weighted by Gasteiger charge is 2.13. The van der Waals surface area contributed by atoms with Crippen LogP contribution in [0.3, 0.4) is 0 Å². The molecule has 1 amide bonds. The number of hydrogen-bond donors (Lipinski definition) is 1. The molecule has 3 rings (SSSR count). The van der Waals surface area contributed by atoms with Gasteiger partial charge in [-0.1, -0.05) is 36.4 Å². The number of ether oxygens (including phenoxy) is 2. The predicted octanol–water partition coefficient (Wildman–Crippen LogP) is 4.32. The number of carbonyl (C=O) groups excluding carboxylic acids is 2. The van der Waals surface area contributed by atoms with E-state index >= 15 is 0 Å². The largest absolute Gasteiger partial charge is 0.494 e. The van der Waals surface area contributed by atoms with E-state index in [0.29, 0.717) is 22.4 Å². The van der Waals surface area contributed by atoms with E-state index in [1.54, 1.807) is 49.4 Å². The molecule has 0 radical (unpaired) electrons. The Kier molecular flexibility index (Phi) is 6.80. The molecule has 5 nitrogen and oxygen atoms in total. The molecule has 0 saturated heterocycles. The topological polar surface area (TPSA) is 64.6 Å². The predicted molar refractivity (Wildman–Crippen MR) is 111 cm³/mol. The Balaban J connectivity index is 1.53. The summed E-state index contributed by atoms with van der Waals surface area (Å²) in [5.41, 5.74) is 1.76. The van der Waals surface area contributed by atoms with Crippen LogP contribution in [0.25, 0.3) is 0 Å². The van der Waals surface area contributed by atoms with Gasteiger partial charge in [0.25, 0.3) is 5.91 Å². The maximum atomic E-state index is 13.8. The molecule has 0 aliphatic heterocycles. The van der Waals surface area contributed by atoms with Gasteiger partial charge in [0.05, 0.1) is 13.2 Å². The smallest absolute Gasteiger partial charge is 0.258 e. The van der Waals surface area contributed by atoms with Crippen molar-refractivity contribution in [2.75, 3.05) is 13.7 Å². The van der Waals surface area contributed by atoms with E-state index < -0.39 is 11.9 Å². The SMILES string of the molecule is COc1ccc([C@H](C)NC(=O)COc2ccc(C(=O)c3ccccc3)cc2)cc1F. The van der Waals surface area contributed by atoms with Crippen LogP contribution >= 0.6 is 0 Å². The van der Waals surface area contributed by atoms with Crippen LogP contribution in [0.4, 0.5) is 4.39 Å². The lowest BCUT2D eigenvalue weighted by Crippen LogP contribution is -2.31. The minimum atomic E-state index is -0.488. The zero-order valence-electron chi connectivity index (χ0n) is 16.7. The second-order valence-corrected chi connectivity index (χ2v) is 6.69. The third kappa shape index (κ3) is 5.23. The standard InChI is InChI=1S/C24H22FNO4/c1-16(19-10-13-22(29-2)21(25)14-19)26-23(27)15-30-20-11-8-18(9-12-20)24(28)17-6-4-3-5-7-17/h3-14,16H,15H2,1-2H3,(H,26,27)/t16-/m0/s1. The number of methoxy groups -OCH3 is 1. The third-order valence-corrected chi connectivity index (χ3v) is 4.58. The van der Waals surface area contributed by atoms with Crippen molar-refractivity contribution in [1.82, 2.24) is 5.32 Å². The normalized spacial score (nSPS) is 11.4. The van der Waals surface area contributed by atoms with Gasteiger partial charge in [-0.05, 0) is 48.9 Å². The molecule has 0 heterocycles. The van der Waals surface area contributed by atoms with Gasteiger partial charge in [0.15, 0.2) is 24.0 Å². The molecule has 3 aromatic rings. The molecule has 6 heteroatoms. The molecule has 0 bridgehead atoms. The van der Waals surface area contributed by atoms with Gasteiger partial charge in [0, 0.05) is 11.1 Å². The van der Waals surface area contributed by atoms with Gasteiger partial charge >= 0.3 is 0 Å². The molecule has 1 N–H and O–H groups in total. The Labute approximate surface area is 174 Å². The van der Waals surface area contributed by atoms with Gasteiger partial charge < -0.3 is 14.8 Å². The lowest BCUT2D eigenvalue weighted by atomic mass is 10.0. The van der Waals surface area contributed by atoms with Gasteiger partial charge in [-0.25, -0.2) is 4.39 Å². The number of halogens is 1. The number of rotatable bonds is 8. The number of nitrogens with one attached hydrogen (secondary N) is 1. The quantitative estimate of drug-likeness (QED) is 0.565. The highest BCUT2D eigenvalue weighted by Crippen LogP contribution is 2.22. The first-order valence-corrected chi connectivity index (χ1v) is 9.43. The molecule has 0 spiro atoms. The summed E-state index contributed by atoms with van der Waals surface area (Å²) in [4.78, 5) is 24.6. The van der Waals surface area contributed by atoms with Crippen molar-refractivity contribution in [3.8, 4) is 11.5 Å². The number of carbonyl (C=O) groups is 2. The summed E-state index contributed by atoms with van der Waals surface area (Å²) in [5, 5.41) is 2.76. The van der Waals surface area contributed by atoms with Crippen molar-refractivity contribution in [3.63, 3.8) is 0 Å². The molecule has 3 aromatic carbocycles. The van der Waals surface area contributed by atoms with Crippen LogP contribution in [0.15, 0.2) is 72.8 Å². The van der Waals surface area contributed by atoms with Crippen molar-refractivity contribution >= 4 is 11.7 Å². The van der Waals surface area contributed by atoms with E-state index in [0.717, 1.165) is 0 Å². The van der Waals surface area contributed by atoms with Gasteiger partial charge in [0.2, 0.25) is 0 Å². The Hall–Kier alpha value is -3.67. The molecular formula is C24H22FNO4. The maximum Gasteiger partial charge on any atom is 0.258 e. The first-order valence-electron chi connectivity index (χ1n) is 9.43. The van der Waals surface area contributed by atoms with E-state index in [4.69, 9.17) is 9.47 Å². The van der Waals surface area contributed by atoms with Crippen LogP contribution in [0.1, 0.15) is 34.5 Å². The number of ketones is 1. The highest BCUT2D eigenvalue weighted by atomic mass is 19.1. The Morgan fingerprint density at radius 1 is 0.967 bits per heavy atom. The van der Waals surface area contributed by atoms with Gasteiger partial charge in [-0.2, -0.15) is 0 Å². The molecule has 0 aliphatic carbocycles. The zero-order chi connectivity index (χ0) is 21.5. The molecule has 0 unspecified atom stereocenters. The second-order valence-electron chi connectivity index (χ2n) is 6.69. The van der Waals surface area contributed by atoms with Crippen molar-refractivity contribution < 1.29 is 23.5 Å². The fraction of sp³-hybridized carbons (Fsp3) is 0.167. The van der Waals surface area contributed by atoms with Crippen LogP contribution < -0.4 is 14.8 Å². The first-order chi connectivity index (χ1) is 14.5. The van der Waals surface area contributed by atoms with Crippen LogP contribution in [0.2, 0.25) is 0 Å². The van der Waals surface area contributed by atoms with Gasteiger partial charge in [-0.3, -0.25) is 9.59 Å². The first kappa shape index (κ1) is 21.0. The lowest BCUT2D eigenvalue weighted by Gasteiger charge is -2.15. The maximum absolute atomic E-state index is 13.8. The molecule has 0 aromatic heterocycles. The van der Waals surface area contributed by atoms with E-state index in [1.807, 2.05) is 18.2 Å². The average molecular weight is 407 g/mol. The van der Waals surface area contributed by atoms with Crippen LogP contribution in [-0.4, -0.2) is 25.4 Å². The molecule has 1 atom stereocenters. The number of amides is 1. The molecule has 0 aliphatic rings. The summed E-state index contributed by atoms with van der Waals surface area (Å²) in [6.45, 7) is 1.55. The van der Waals surface area contributed by atoms with Gasteiger partial charge in [-0.15, -0.1) is 0 Å². The van der Waals surface area contributed by atoms with Crippen molar-refractivity contribution in [3.05, 3.63) is 95.3 Å². The lowest BCUT2D eigenvalue weighted by molar-refractivity contribution is -0.123. The molecular weight excluding hydrogens is 385 g/mol. The average Bonchev–Trinajstić information content (AvgIpc) is 2.78. The van der Waals surface area contributed by atoms with Crippen LogP contribution in [-0.2, 0) is 4.79 Å². The van der Waals surface area contributed by atoms with Crippen LogP contribution in [0, 0.1) is 5.82 Å². The fourth-order valence-electron chi connectivity index (χ4n) is 2.93. The summed E-state index contributed by atoms with van der Waals surface area (Å²) >= 11 is 0. The van der Waals surface area contributed by atoms with E-state index in [9.17, 15) is 14.0 Å². The Morgan fingerprint density at radius 3 is 2.27 bits per heavy atom. The minimum Gasteiger partial charge on any atom is -0.494 e. The summed E-state index contributed by atoms with van der Waals surface area (Å²) in [7, 11) is 1.39. The third-order valence-electron chi connectivity index (χ3n) is 4.58. The minimum absolute atomic E-state index is 0.0829. The second kappa shape index (κ2) is 9.69. The fourth-order valence-corrected chi connectivity index (χ4v) is 2.93. The number of hydrogen-bond acceptors (Lipinski definition) is 4. The highest BCUT2D eigenvalue weighted by molar-refractivity contribution is 6.08. The van der Waals surface area contributed by atoms with E-state index in [2.05, 4.69) is 5.32 Å². The zero-order valence-corrected chi connectivity index (χ0v) is 16.7. The summed E-state index contributed by atoms with van der Waals surface area (Å²) in [6.07, 6.45) is 0. The van der Waals surface area contributed by atoms with Crippen molar-refractivity contribution in [1.29, 1.82) is 0 Å². The molecule has 0 fully saturated rings. The number of benzene rings is 3. The summed E-state index contributed by atoms with van der Waals surface area (Å²) < 4.78 is 24.2. The molecule has 154 valence electrons. The van der Waals surface area contributed by atoms with E-state index in [-0.39, 0.29) is 24.0 Å². The molecule has 0 saturated carbocycles. The summed E-state index contributed by atoms with van der Waals surface area (Å²) in [6, 6.07) is 19.7.